The highest BCUT2D eigenvalue weighted by Gasteiger charge is 2.52. The first-order valence-corrected chi connectivity index (χ1v) is 6.46. The molecule has 0 radical (unpaired) electrons. The van der Waals surface area contributed by atoms with Crippen LogP contribution in [0.5, 0.6) is 0 Å². The van der Waals surface area contributed by atoms with Gasteiger partial charge in [-0.25, -0.2) is 0 Å². The molecular weight excluding hydrogens is 210 g/mol. The summed E-state index contributed by atoms with van der Waals surface area (Å²) in [6.07, 6.45) is 1.30. The molecule has 1 fully saturated rings. The maximum absolute atomic E-state index is 5.07. The molecule has 2 rings (SSSR count). The lowest BCUT2D eigenvalue weighted by molar-refractivity contribution is 0.198. The molecule has 0 aromatic heterocycles. The van der Waals surface area contributed by atoms with E-state index in [0.717, 1.165) is 25.6 Å². The highest BCUT2D eigenvalue weighted by atomic mass is 16.5. The molecule has 0 bridgehead atoms. The van der Waals surface area contributed by atoms with Crippen molar-refractivity contribution in [2.75, 3.05) is 26.8 Å². The molecule has 0 amide bonds. The van der Waals surface area contributed by atoms with Crippen LogP contribution in [0.4, 0.5) is 0 Å². The summed E-state index contributed by atoms with van der Waals surface area (Å²) in [6.45, 7) is 7.37. The van der Waals surface area contributed by atoms with Crippen molar-refractivity contribution in [1.82, 2.24) is 5.32 Å². The Morgan fingerprint density at radius 2 is 2.12 bits per heavy atom. The van der Waals surface area contributed by atoms with Crippen LogP contribution in [0, 0.1) is 12.8 Å². The van der Waals surface area contributed by atoms with Crippen molar-refractivity contribution in [2.24, 2.45) is 5.92 Å². The smallest absolute Gasteiger partial charge is 0.0587 e. The van der Waals surface area contributed by atoms with Gasteiger partial charge in [-0.1, -0.05) is 31.2 Å². The molecule has 1 N–H and O–H groups in total. The lowest BCUT2D eigenvalue weighted by atomic mass is 9.90. The van der Waals surface area contributed by atoms with Crippen molar-refractivity contribution in [1.29, 1.82) is 0 Å². The van der Waals surface area contributed by atoms with E-state index in [1.807, 2.05) is 0 Å². The molecule has 2 heteroatoms. The molecule has 17 heavy (non-hydrogen) atoms. The van der Waals surface area contributed by atoms with Crippen molar-refractivity contribution >= 4 is 0 Å². The minimum absolute atomic E-state index is 0.374. The van der Waals surface area contributed by atoms with E-state index in [0.29, 0.717) is 5.41 Å². The minimum Gasteiger partial charge on any atom is -0.383 e. The van der Waals surface area contributed by atoms with E-state index in [9.17, 15) is 0 Å². The van der Waals surface area contributed by atoms with Crippen molar-refractivity contribution in [3.05, 3.63) is 35.4 Å². The van der Waals surface area contributed by atoms with Crippen LogP contribution in [0.2, 0.25) is 0 Å². The Morgan fingerprint density at radius 3 is 2.71 bits per heavy atom. The third-order valence-corrected chi connectivity index (χ3v) is 4.06. The zero-order valence-electron chi connectivity index (χ0n) is 11.1. The summed E-state index contributed by atoms with van der Waals surface area (Å²) in [6, 6.07) is 8.79. The van der Waals surface area contributed by atoms with Gasteiger partial charge in [0.25, 0.3) is 0 Å². The molecule has 1 aliphatic rings. The highest BCUT2D eigenvalue weighted by molar-refractivity contribution is 5.39. The highest BCUT2D eigenvalue weighted by Crippen LogP contribution is 2.54. The lowest BCUT2D eigenvalue weighted by Gasteiger charge is -2.20. The van der Waals surface area contributed by atoms with Crippen LogP contribution < -0.4 is 5.32 Å². The normalized spacial score (nSPS) is 27.1. The summed E-state index contributed by atoms with van der Waals surface area (Å²) in [5, 5.41) is 3.52. The topological polar surface area (TPSA) is 21.3 Å². The quantitative estimate of drug-likeness (QED) is 0.762. The molecular formula is C15H23NO. The van der Waals surface area contributed by atoms with Gasteiger partial charge in [-0.3, -0.25) is 0 Å². The summed E-state index contributed by atoms with van der Waals surface area (Å²) < 4.78 is 5.07. The van der Waals surface area contributed by atoms with Gasteiger partial charge in [0.2, 0.25) is 0 Å². The summed E-state index contributed by atoms with van der Waals surface area (Å²) in [7, 11) is 1.75. The first kappa shape index (κ1) is 12.6. The van der Waals surface area contributed by atoms with Crippen molar-refractivity contribution in [3.63, 3.8) is 0 Å². The van der Waals surface area contributed by atoms with Crippen molar-refractivity contribution in [3.8, 4) is 0 Å². The third kappa shape index (κ3) is 2.53. The molecule has 2 atom stereocenters. The number of hydrogen-bond acceptors (Lipinski definition) is 2. The molecule has 0 saturated heterocycles. The van der Waals surface area contributed by atoms with Gasteiger partial charge < -0.3 is 10.1 Å². The molecule has 0 aliphatic heterocycles. The van der Waals surface area contributed by atoms with E-state index >= 15 is 0 Å². The number of nitrogens with one attached hydrogen (secondary N) is 1. The number of aryl methyl sites for hydroxylation is 1. The molecule has 0 heterocycles. The predicted octanol–water partition coefficient (Wildman–Crippen LogP) is 2.51. The van der Waals surface area contributed by atoms with Gasteiger partial charge >= 0.3 is 0 Å². The Hall–Kier alpha value is -0.860. The van der Waals surface area contributed by atoms with Crippen molar-refractivity contribution < 1.29 is 4.74 Å². The van der Waals surface area contributed by atoms with Gasteiger partial charge in [0.15, 0.2) is 0 Å². The number of hydrogen-bond donors (Lipinski definition) is 1. The Balaban J connectivity index is 2.03. The Labute approximate surface area is 104 Å². The molecule has 1 aromatic rings. The molecule has 0 spiro atoms. The van der Waals surface area contributed by atoms with E-state index in [1.165, 1.54) is 17.5 Å². The van der Waals surface area contributed by atoms with E-state index in [-0.39, 0.29) is 0 Å². The average Bonchev–Trinajstić information content (AvgIpc) is 2.97. The fourth-order valence-electron chi connectivity index (χ4n) is 2.82. The van der Waals surface area contributed by atoms with Gasteiger partial charge in [-0.2, -0.15) is 0 Å². The van der Waals surface area contributed by atoms with E-state index in [1.54, 1.807) is 7.11 Å². The van der Waals surface area contributed by atoms with Gasteiger partial charge in [-0.05, 0) is 30.4 Å². The molecule has 1 aromatic carbocycles. The summed E-state index contributed by atoms with van der Waals surface area (Å²) >= 11 is 0. The summed E-state index contributed by atoms with van der Waals surface area (Å²) in [4.78, 5) is 0. The Bertz CT molecular complexity index is 377. The molecule has 1 saturated carbocycles. The van der Waals surface area contributed by atoms with E-state index in [4.69, 9.17) is 4.74 Å². The van der Waals surface area contributed by atoms with Gasteiger partial charge in [0.05, 0.1) is 6.61 Å². The molecule has 94 valence electrons. The van der Waals surface area contributed by atoms with Crippen LogP contribution in [0.25, 0.3) is 0 Å². The fourth-order valence-corrected chi connectivity index (χ4v) is 2.82. The maximum atomic E-state index is 5.07. The molecule has 1 aliphatic carbocycles. The summed E-state index contributed by atoms with van der Waals surface area (Å²) in [5.41, 5.74) is 3.32. The number of rotatable bonds is 6. The number of methoxy groups -OCH3 is 1. The standard InChI is InChI=1S/C15H23NO/c1-12-6-4-5-7-14(12)15(10-13(15)2)11-16-8-9-17-3/h4-7,13,16H,8-11H2,1-3H3. The Kier molecular flexibility index (Phi) is 3.85. The second-order valence-electron chi connectivity index (χ2n) is 5.25. The van der Waals surface area contributed by atoms with Crippen LogP contribution in [0.15, 0.2) is 24.3 Å². The predicted molar refractivity (Wildman–Crippen MR) is 71.4 cm³/mol. The second-order valence-corrected chi connectivity index (χ2v) is 5.25. The third-order valence-electron chi connectivity index (χ3n) is 4.06. The summed E-state index contributed by atoms with van der Waals surface area (Å²) in [5.74, 6) is 0.790. The number of benzene rings is 1. The van der Waals surface area contributed by atoms with Crippen LogP contribution in [0.1, 0.15) is 24.5 Å². The van der Waals surface area contributed by atoms with Crippen molar-refractivity contribution in [2.45, 2.75) is 25.7 Å². The lowest BCUT2D eigenvalue weighted by Crippen LogP contribution is -2.31. The first-order valence-electron chi connectivity index (χ1n) is 6.46. The van der Waals surface area contributed by atoms with Crippen LogP contribution in [-0.4, -0.2) is 26.8 Å². The molecule has 2 nitrogen and oxygen atoms in total. The van der Waals surface area contributed by atoms with Gasteiger partial charge in [0, 0.05) is 25.6 Å². The zero-order chi connectivity index (χ0) is 12.3. The largest absolute Gasteiger partial charge is 0.383 e. The van der Waals surface area contributed by atoms with E-state index < -0.39 is 0 Å². The minimum atomic E-state index is 0.374. The van der Waals surface area contributed by atoms with Crippen LogP contribution in [-0.2, 0) is 10.2 Å². The SMILES string of the molecule is COCCNCC1(c2ccccc2C)CC1C. The second kappa shape index (κ2) is 5.19. The maximum Gasteiger partial charge on any atom is 0.0587 e. The van der Waals surface area contributed by atoms with Gasteiger partial charge in [-0.15, -0.1) is 0 Å². The van der Waals surface area contributed by atoms with Crippen LogP contribution >= 0.6 is 0 Å². The first-order chi connectivity index (χ1) is 8.20. The average molecular weight is 233 g/mol. The fraction of sp³-hybridized carbons (Fsp3) is 0.600. The zero-order valence-corrected chi connectivity index (χ0v) is 11.1. The molecule has 2 unspecified atom stereocenters. The van der Waals surface area contributed by atoms with Gasteiger partial charge in [0.1, 0.15) is 0 Å². The number of ether oxygens (including phenoxy) is 1. The monoisotopic (exact) mass is 233 g/mol. The Morgan fingerprint density at radius 1 is 1.41 bits per heavy atom. The van der Waals surface area contributed by atoms with E-state index in [2.05, 4.69) is 43.4 Å². The van der Waals surface area contributed by atoms with Crippen LogP contribution in [0.3, 0.4) is 0 Å².